The van der Waals surface area contributed by atoms with Crippen molar-refractivity contribution in [3.05, 3.63) is 60.2 Å². The molecule has 0 amide bonds. The van der Waals surface area contributed by atoms with Crippen LogP contribution in [-0.2, 0) is 45.0 Å². The molecule has 2 heterocycles. The van der Waals surface area contributed by atoms with E-state index >= 15 is 0 Å². The van der Waals surface area contributed by atoms with Crippen LogP contribution >= 0.6 is 0 Å². The number of pyridine rings is 2. The van der Waals surface area contributed by atoms with E-state index < -0.39 is 0 Å². The number of carbonyl (C=O) groups excluding carboxylic acids is 2. The van der Waals surface area contributed by atoms with Crippen molar-refractivity contribution in [2.75, 3.05) is 13.2 Å². The van der Waals surface area contributed by atoms with Gasteiger partial charge in [0.25, 0.3) is 0 Å². The minimum absolute atomic E-state index is 0. The van der Waals surface area contributed by atoms with Gasteiger partial charge in [-0.15, -0.1) is 0 Å². The molecule has 0 fully saturated rings. The number of hydrogen-bond acceptors (Lipinski definition) is 4. The highest BCUT2D eigenvalue weighted by atomic mass is 79.9. The predicted molar refractivity (Wildman–Crippen MR) is 200 cm³/mol. The summed E-state index contributed by atoms with van der Waals surface area (Å²) in [5.41, 5.74) is 2.64. The molecule has 0 bridgehead atoms. The maximum Gasteiger partial charge on any atom is 0.306 e. The topological polar surface area (TPSA) is 60.4 Å². The van der Waals surface area contributed by atoms with Crippen molar-refractivity contribution in [3.8, 4) is 0 Å². The van der Waals surface area contributed by atoms with Gasteiger partial charge in [0.15, 0.2) is 51.1 Å². The molecule has 0 saturated heterocycles. The highest BCUT2D eigenvalue weighted by molar-refractivity contribution is 5.69. The van der Waals surface area contributed by atoms with Crippen molar-refractivity contribution in [1.29, 1.82) is 0 Å². The third-order valence-electron chi connectivity index (χ3n) is 9.55. The Kier molecular flexibility index (Phi) is 34.0. The molecule has 0 aliphatic carbocycles. The van der Waals surface area contributed by atoms with Crippen LogP contribution in [0.25, 0.3) is 0 Å². The zero-order valence-electron chi connectivity index (χ0n) is 32.4. The van der Waals surface area contributed by atoms with E-state index in [0.29, 0.717) is 39.1 Å². The Balaban J connectivity index is 0.0000125. The first-order valence-corrected chi connectivity index (χ1v) is 20.4. The van der Waals surface area contributed by atoms with Crippen LogP contribution in [0.5, 0.6) is 0 Å². The Morgan fingerprint density at radius 3 is 1.06 bits per heavy atom. The number of aromatic nitrogens is 2. The number of unbranched alkanes of at least 4 members (excludes halogenated alkanes) is 18. The van der Waals surface area contributed by atoms with E-state index in [1.54, 1.807) is 0 Å². The molecule has 0 radical (unpaired) electrons. The largest absolute Gasteiger partial charge is 1.00 e. The summed E-state index contributed by atoms with van der Waals surface area (Å²) in [7, 11) is 0. The minimum Gasteiger partial charge on any atom is -1.00 e. The van der Waals surface area contributed by atoms with Gasteiger partial charge in [-0.05, 0) is 43.2 Å². The third kappa shape index (κ3) is 28.4. The standard InChI is InChI=1S/C43H72N2O4.2BrH/c1-3-5-7-9-11-13-15-17-19-21-26-42(46)48-38-36-44-32-28-40(29-33-44)24-23-25-41-30-34-45(35-31-41)37-39-49-43(47)27-22-20-18-16-14-12-10-8-6-4-2;;/h28-35H,3-27,36-39H2,1-2H3;2*1H/q+2;;/p-2. The number of aryl methyl sites for hydroxylation is 2. The summed E-state index contributed by atoms with van der Waals surface area (Å²) >= 11 is 0. The van der Waals surface area contributed by atoms with Crippen LogP contribution in [-0.4, -0.2) is 25.2 Å². The third-order valence-corrected chi connectivity index (χ3v) is 9.55. The summed E-state index contributed by atoms with van der Waals surface area (Å²) in [5.74, 6) is -0.136. The Morgan fingerprint density at radius 1 is 0.451 bits per heavy atom. The molecular formula is C43H72Br2N2O4. The highest BCUT2D eigenvalue weighted by Gasteiger charge is 2.08. The predicted octanol–water partition coefficient (Wildman–Crippen LogP) is 4.15. The van der Waals surface area contributed by atoms with E-state index in [4.69, 9.17) is 9.47 Å². The van der Waals surface area contributed by atoms with Crippen molar-refractivity contribution < 1.29 is 62.2 Å². The fourth-order valence-electron chi connectivity index (χ4n) is 6.29. The van der Waals surface area contributed by atoms with E-state index in [9.17, 15) is 9.59 Å². The molecule has 2 rings (SSSR count). The van der Waals surface area contributed by atoms with Crippen LogP contribution < -0.4 is 43.1 Å². The molecule has 2 aromatic rings. The fraction of sp³-hybridized carbons (Fsp3) is 0.721. The van der Waals surface area contributed by atoms with E-state index in [1.807, 2.05) is 0 Å². The summed E-state index contributed by atoms with van der Waals surface area (Å²) in [6, 6.07) is 8.68. The van der Waals surface area contributed by atoms with Crippen LogP contribution in [0.4, 0.5) is 0 Å². The smallest absolute Gasteiger partial charge is 0.306 e. The second kappa shape index (κ2) is 35.2. The molecular weight excluding hydrogens is 768 g/mol. The molecule has 2 aromatic heterocycles. The molecule has 292 valence electrons. The van der Waals surface area contributed by atoms with Crippen molar-refractivity contribution in [2.24, 2.45) is 0 Å². The summed E-state index contributed by atoms with van der Waals surface area (Å²) in [6.07, 6.45) is 38.0. The second-order valence-corrected chi connectivity index (χ2v) is 14.0. The molecule has 0 saturated carbocycles. The number of halogens is 2. The average Bonchev–Trinajstić information content (AvgIpc) is 3.11. The van der Waals surface area contributed by atoms with E-state index in [2.05, 4.69) is 72.0 Å². The first-order valence-electron chi connectivity index (χ1n) is 20.4. The molecule has 8 heteroatoms. The van der Waals surface area contributed by atoms with Gasteiger partial charge in [0.2, 0.25) is 0 Å². The number of nitrogens with zero attached hydrogens (tertiary/aromatic N) is 2. The molecule has 0 aromatic carbocycles. The van der Waals surface area contributed by atoms with Crippen LogP contribution in [0.15, 0.2) is 49.1 Å². The quantitative estimate of drug-likeness (QED) is 0.0632. The Hall–Kier alpha value is -1.80. The van der Waals surface area contributed by atoms with Gasteiger partial charge in [-0.2, -0.15) is 0 Å². The summed E-state index contributed by atoms with van der Waals surface area (Å²) < 4.78 is 15.1. The Bertz CT molecular complexity index is 997. The SMILES string of the molecule is CCCCCCCCCCCCC(=O)OCC[n+]1ccc(CCCc2cc[n+](CCOC(=O)CCCCCCCCCCCC)cc2)cc1.[Br-].[Br-]. The van der Waals surface area contributed by atoms with E-state index in [-0.39, 0.29) is 45.9 Å². The van der Waals surface area contributed by atoms with Crippen molar-refractivity contribution in [3.63, 3.8) is 0 Å². The second-order valence-electron chi connectivity index (χ2n) is 14.0. The summed E-state index contributed by atoms with van der Waals surface area (Å²) in [6.45, 7) is 6.75. The number of ether oxygens (including phenoxy) is 2. The molecule has 0 aliphatic rings. The van der Waals surface area contributed by atoms with Gasteiger partial charge in [-0.1, -0.05) is 129 Å². The molecule has 0 aliphatic heterocycles. The maximum absolute atomic E-state index is 12.1. The lowest BCUT2D eigenvalue weighted by molar-refractivity contribution is -0.698. The maximum atomic E-state index is 12.1. The lowest BCUT2D eigenvalue weighted by Crippen LogP contribution is -3.00. The van der Waals surface area contributed by atoms with Gasteiger partial charge in [-0.3, -0.25) is 9.59 Å². The van der Waals surface area contributed by atoms with Crippen LogP contribution in [0, 0.1) is 0 Å². The molecule has 0 atom stereocenters. The van der Waals surface area contributed by atoms with Gasteiger partial charge in [-0.25, -0.2) is 9.13 Å². The summed E-state index contributed by atoms with van der Waals surface area (Å²) in [4.78, 5) is 24.2. The molecule has 0 unspecified atom stereocenters. The Morgan fingerprint density at radius 2 is 0.745 bits per heavy atom. The first-order chi connectivity index (χ1) is 24.1. The monoisotopic (exact) mass is 838 g/mol. The van der Waals surface area contributed by atoms with Gasteiger partial charge in [0.05, 0.1) is 0 Å². The van der Waals surface area contributed by atoms with E-state index in [1.165, 1.54) is 114 Å². The first kappa shape index (κ1) is 49.2. The van der Waals surface area contributed by atoms with Gasteiger partial charge in [0, 0.05) is 37.1 Å². The van der Waals surface area contributed by atoms with Crippen LogP contribution in [0.1, 0.15) is 173 Å². The van der Waals surface area contributed by atoms with Gasteiger partial charge < -0.3 is 43.4 Å². The number of esters is 2. The number of carbonyl (C=O) groups is 2. The summed E-state index contributed by atoms with van der Waals surface area (Å²) in [5, 5.41) is 0. The minimum atomic E-state index is -0.0681. The molecule has 6 nitrogen and oxygen atoms in total. The average molecular weight is 841 g/mol. The lowest BCUT2D eigenvalue weighted by atomic mass is 10.1. The van der Waals surface area contributed by atoms with Gasteiger partial charge in [0.1, 0.15) is 0 Å². The number of rotatable bonds is 32. The Labute approximate surface area is 333 Å². The van der Waals surface area contributed by atoms with Crippen molar-refractivity contribution in [1.82, 2.24) is 0 Å². The highest BCUT2D eigenvalue weighted by Crippen LogP contribution is 2.13. The van der Waals surface area contributed by atoms with E-state index in [0.717, 1.165) is 44.9 Å². The zero-order chi connectivity index (χ0) is 35.0. The molecule has 51 heavy (non-hydrogen) atoms. The van der Waals surface area contributed by atoms with Crippen LogP contribution in [0.3, 0.4) is 0 Å². The van der Waals surface area contributed by atoms with Crippen molar-refractivity contribution >= 4 is 11.9 Å². The van der Waals surface area contributed by atoms with Gasteiger partial charge >= 0.3 is 11.9 Å². The number of hydrogen-bond donors (Lipinski definition) is 0. The fourth-order valence-corrected chi connectivity index (χ4v) is 6.29. The zero-order valence-corrected chi connectivity index (χ0v) is 35.6. The lowest BCUT2D eigenvalue weighted by Gasteiger charge is -2.05. The van der Waals surface area contributed by atoms with Crippen LogP contribution in [0.2, 0.25) is 0 Å². The molecule has 0 N–H and O–H groups in total. The van der Waals surface area contributed by atoms with Crippen molar-refractivity contribution in [2.45, 2.75) is 187 Å². The molecule has 0 spiro atoms. The normalized spacial score (nSPS) is 10.7.